The van der Waals surface area contributed by atoms with Gasteiger partial charge < -0.3 is 19.9 Å². The molecular weight excluding hydrogens is 556 g/mol. The van der Waals surface area contributed by atoms with Gasteiger partial charge >= 0.3 is 6.61 Å². The standard InChI is InChI=1S/C31H33F2N7O3/c1-21-18-23(6-9-25(21)30(42)39-16-14-37(15-17-39)20-27(41)38-11-2-3-12-38)36-28-29-35-19-26(40(29)13-10-34-28)22-4-7-24(8-5-22)43-31(32)33/h4-10,13,18-19,31H,2-3,11-12,14-17,20H2,1H3,(H,34,36). The molecule has 224 valence electrons. The van der Waals surface area contributed by atoms with E-state index in [9.17, 15) is 18.4 Å². The summed E-state index contributed by atoms with van der Waals surface area (Å²) in [5.74, 6) is 0.784. The van der Waals surface area contributed by atoms with E-state index in [0.717, 1.165) is 48.4 Å². The molecule has 6 rings (SSSR count). The van der Waals surface area contributed by atoms with Crippen LogP contribution in [-0.4, -0.2) is 93.3 Å². The summed E-state index contributed by atoms with van der Waals surface area (Å²) in [6.45, 7) is 3.69. The van der Waals surface area contributed by atoms with Gasteiger partial charge in [0.15, 0.2) is 11.5 Å². The quantitative estimate of drug-likeness (QED) is 0.325. The highest BCUT2D eigenvalue weighted by Crippen LogP contribution is 2.28. The Kier molecular flexibility index (Phi) is 8.19. The van der Waals surface area contributed by atoms with Gasteiger partial charge in [-0.05, 0) is 67.8 Å². The number of aromatic nitrogens is 3. The number of nitrogens with one attached hydrogen (secondary N) is 1. The minimum absolute atomic E-state index is 0.0161. The first-order valence-corrected chi connectivity index (χ1v) is 14.4. The van der Waals surface area contributed by atoms with Gasteiger partial charge in [0.1, 0.15) is 5.75 Å². The molecule has 2 aromatic heterocycles. The predicted octanol–water partition coefficient (Wildman–Crippen LogP) is 4.43. The van der Waals surface area contributed by atoms with E-state index in [4.69, 9.17) is 0 Å². The smallest absolute Gasteiger partial charge is 0.387 e. The van der Waals surface area contributed by atoms with Crippen molar-refractivity contribution in [1.82, 2.24) is 29.1 Å². The fourth-order valence-corrected chi connectivity index (χ4v) is 5.68. The number of carbonyl (C=O) groups is 2. The Labute approximate surface area is 247 Å². The SMILES string of the molecule is Cc1cc(Nc2nccn3c(-c4ccc(OC(F)F)cc4)cnc23)ccc1C(=O)N1CCN(CC(=O)N2CCCC2)CC1. The summed E-state index contributed by atoms with van der Waals surface area (Å²) in [6.07, 6.45) is 7.29. The van der Waals surface area contributed by atoms with E-state index >= 15 is 0 Å². The molecule has 2 aliphatic rings. The van der Waals surface area contributed by atoms with Crippen LogP contribution in [0.4, 0.5) is 20.3 Å². The lowest BCUT2D eigenvalue weighted by molar-refractivity contribution is -0.131. The van der Waals surface area contributed by atoms with Gasteiger partial charge in [0.05, 0.1) is 18.4 Å². The van der Waals surface area contributed by atoms with Crippen molar-refractivity contribution in [3.63, 3.8) is 0 Å². The highest BCUT2D eigenvalue weighted by atomic mass is 19.3. The summed E-state index contributed by atoms with van der Waals surface area (Å²) < 4.78 is 31.3. The Balaban J connectivity index is 1.10. The molecule has 0 radical (unpaired) electrons. The number of amides is 2. The van der Waals surface area contributed by atoms with Gasteiger partial charge in [-0.1, -0.05) is 0 Å². The lowest BCUT2D eigenvalue weighted by Crippen LogP contribution is -2.51. The minimum Gasteiger partial charge on any atom is -0.435 e. The van der Waals surface area contributed by atoms with Gasteiger partial charge in [-0.2, -0.15) is 8.78 Å². The third kappa shape index (κ3) is 6.29. The number of piperazine rings is 1. The second-order valence-corrected chi connectivity index (χ2v) is 10.8. The molecule has 0 bridgehead atoms. The number of hydrogen-bond acceptors (Lipinski definition) is 7. The molecule has 1 N–H and O–H groups in total. The second-order valence-electron chi connectivity index (χ2n) is 10.8. The van der Waals surface area contributed by atoms with Gasteiger partial charge in [-0.25, -0.2) is 9.97 Å². The molecule has 2 saturated heterocycles. The number of likely N-dealkylation sites (tertiary alicyclic amines) is 1. The molecule has 0 saturated carbocycles. The first-order chi connectivity index (χ1) is 20.9. The molecule has 0 spiro atoms. The highest BCUT2D eigenvalue weighted by molar-refractivity contribution is 5.96. The molecule has 0 atom stereocenters. The molecular formula is C31H33F2N7O3. The molecule has 43 heavy (non-hydrogen) atoms. The van der Waals surface area contributed by atoms with Crippen molar-refractivity contribution in [2.45, 2.75) is 26.4 Å². The van der Waals surface area contributed by atoms with Crippen LogP contribution in [0, 0.1) is 6.92 Å². The molecule has 0 aliphatic carbocycles. The van der Waals surface area contributed by atoms with Crippen molar-refractivity contribution in [1.29, 1.82) is 0 Å². The first kappa shape index (κ1) is 28.5. The largest absolute Gasteiger partial charge is 0.435 e. The maximum absolute atomic E-state index is 13.4. The van der Waals surface area contributed by atoms with Crippen molar-refractivity contribution in [2.24, 2.45) is 0 Å². The lowest BCUT2D eigenvalue weighted by atomic mass is 10.1. The van der Waals surface area contributed by atoms with Crippen LogP contribution in [0.1, 0.15) is 28.8 Å². The summed E-state index contributed by atoms with van der Waals surface area (Å²) in [4.78, 5) is 40.8. The monoisotopic (exact) mass is 589 g/mol. The number of rotatable bonds is 8. The number of anilines is 2. The Hall–Kier alpha value is -4.58. The average Bonchev–Trinajstić information content (AvgIpc) is 3.69. The summed E-state index contributed by atoms with van der Waals surface area (Å²) >= 11 is 0. The van der Waals surface area contributed by atoms with Gasteiger partial charge in [0.25, 0.3) is 5.91 Å². The number of fused-ring (bicyclic) bond motifs is 1. The Morgan fingerprint density at radius 2 is 1.70 bits per heavy atom. The summed E-state index contributed by atoms with van der Waals surface area (Å²) in [5, 5.41) is 3.31. The number of alkyl halides is 2. The number of halogens is 2. The summed E-state index contributed by atoms with van der Waals surface area (Å²) in [7, 11) is 0. The molecule has 12 heteroatoms. The molecule has 0 unspecified atom stereocenters. The predicted molar refractivity (Wildman–Crippen MR) is 158 cm³/mol. The number of hydrogen-bond donors (Lipinski definition) is 1. The van der Waals surface area contributed by atoms with Crippen LogP contribution in [0.15, 0.2) is 61.1 Å². The van der Waals surface area contributed by atoms with E-state index in [1.807, 2.05) is 39.3 Å². The molecule has 2 amide bonds. The lowest BCUT2D eigenvalue weighted by Gasteiger charge is -2.35. The van der Waals surface area contributed by atoms with Crippen LogP contribution in [0.3, 0.4) is 0 Å². The topological polar surface area (TPSA) is 95.3 Å². The fraction of sp³-hybridized carbons (Fsp3) is 0.355. The third-order valence-corrected chi connectivity index (χ3v) is 8.00. The van der Waals surface area contributed by atoms with E-state index in [0.29, 0.717) is 49.8 Å². The van der Waals surface area contributed by atoms with Crippen LogP contribution in [0.25, 0.3) is 16.9 Å². The van der Waals surface area contributed by atoms with Crippen molar-refractivity contribution in [2.75, 3.05) is 51.1 Å². The number of imidazole rings is 1. The Morgan fingerprint density at radius 3 is 2.40 bits per heavy atom. The van der Waals surface area contributed by atoms with Crippen molar-refractivity contribution < 1.29 is 23.1 Å². The van der Waals surface area contributed by atoms with Crippen molar-refractivity contribution >= 4 is 29.0 Å². The van der Waals surface area contributed by atoms with Gasteiger partial charge in [-0.3, -0.25) is 18.9 Å². The van der Waals surface area contributed by atoms with Crippen LogP contribution >= 0.6 is 0 Å². The maximum Gasteiger partial charge on any atom is 0.387 e. The maximum atomic E-state index is 13.4. The average molecular weight is 590 g/mol. The molecule has 10 nitrogen and oxygen atoms in total. The van der Waals surface area contributed by atoms with E-state index in [1.54, 1.807) is 30.7 Å². The zero-order valence-corrected chi connectivity index (χ0v) is 23.9. The van der Waals surface area contributed by atoms with Crippen LogP contribution < -0.4 is 10.1 Å². The Morgan fingerprint density at radius 1 is 0.953 bits per heavy atom. The second kappa shape index (κ2) is 12.3. The number of aryl methyl sites for hydroxylation is 1. The molecule has 2 fully saturated rings. The van der Waals surface area contributed by atoms with Gasteiger partial charge in [0, 0.05) is 68.5 Å². The zero-order valence-electron chi connectivity index (χ0n) is 23.9. The zero-order chi connectivity index (χ0) is 29.9. The summed E-state index contributed by atoms with van der Waals surface area (Å²) in [6, 6.07) is 12.0. The van der Waals surface area contributed by atoms with Crippen LogP contribution in [-0.2, 0) is 4.79 Å². The molecule has 4 heterocycles. The van der Waals surface area contributed by atoms with Crippen LogP contribution in [0.5, 0.6) is 5.75 Å². The summed E-state index contributed by atoms with van der Waals surface area (Å²) in [5.41, 5.74) is 4.37. The molecule has 4 aromatic rings. The third-order valence-electron chi connectivity index (χ3n) is 8.00. The number of nitrogens with zero attached hydrogens (tertiary/aromatic N) is 6. The van der Waals surface area contributed by atoms with E-state index in [-0.39, 0.29) is 17.6 Å². The number of benzene rings is 2. The normalized spacial score (nSPS) is 15.8. The number of carbonyl (C=O) groups excluding carboxylic acids is 2. The highest BCUT2D eigenvalue weighted by Gasteiger charge is 2.26. The van der Waals surface area contributed by atoms with Crippen LogP contribution in [0.2, 0.25) is 0 Å². The first-order valence-electron chi connectivity index (χ1n) is 14.4. The van der Waals surface area contributed by atoms with E-state index < -0.39 is 6.61 Å². The van der Waals surface area contributed by atoms with Gasteiger partial charge in [-0.15, -0.1) is 0 Å². The molecule has 2 aliphatic heterocycles. The van der Waals surface area contributed by atoms with E-state index in [2.05, 4.69) is 24.9 Å². The van der Waals surface area contributed by atoms with E-state index in [1.165, 1.54) is 12.1 Å². The Bertz CT molecular complexity index is 1610. The van der Waals surface area contributed by atoms with Gasteiger partial charge in [0.2, 0.25) is 5.91 Å². The van der Waals surface area contributed by atoms with Crippen molar-refractivity contribution in [3.8, 4) is 17.0 Å². The fourth-order valence-electron chi connectivity index (χ4n) is 5.68. The minimum atomic E-state index is -2.88. The number of ether oxygens (including phenoxy) is 1. The molecule has 2 aromatic carbocycles. The van der Waals surface area contributed by atoms with Crippen molar-refractivity contribution in [3.05, 3.63) is 72.2 Å².